The average Bonchev–Trinajstić information content (AvgIpc) is 2.24. The fourth-order valence-electron chi connectivity index (χ4n) is 1.11. The topological polar surface area (TPSA) is 75.4 Å². The lowest BCUT2D eigenvalue weighted by Gasteiger charge is -2.10. The molecule has 0 fully saturated rings. The molecule has 0 radical (unpaired) electrons. The number of phenolic OH excluding ortho intramolecular Hbond substituents is 1. The minimum atomic E-state index is -0.634. The monoisotopic (exact) mass is 240 g/mol. The van der Waals surface area contributed by atoms with Gasteiger partial charge in [0.2, 0.25) is 5.91 Å². The van der Waals surface area contributed by atoms with Crippen LogP contribution in [0.5, 0.6) is 5.75 Å². The maximum absolute atomic E-state index is 11.5. The van der Waals surface area contributed by atoms with E-state index in [9.17, 15) is 9.90 Å². The van der Waals surface area contributed by atoms with Crippen LogP contribution in [0.2, 0.25) is 5.02 Å². The number of phenols is 1. The molecular weight excluding hydrogens is 228 g/mol. The first-order chi connectivity index (χ1) is 7.54. The molecule has 1 unspecified atom stereocenters. The summed E-state index contributed by atoms with van der Waals surface area (Å²) in [5, 5.41) is 12.0. The molecule has 4 N–H and O–H groups in total. The molecule has 1 amide bonds. The van der Waals surface area contributed by atoms with Crippen LogP contribution in [0.1, 0.15) is 6.42 Å². The Hall–Kier alpha value is -1.52. The van der Waals surface area contributed by atoms with Crippen molar-refractivity contribution >= 4 is 23.2 Å². The minimum absolute atomic E-state index is 0.0324. The molecule has 0 aromatic heterocycles. The Kier molecular flexibility index (Phi) is 4.34. The van der Waals surface area contributed by atoms with Gasteiger partial charge in [-0.15, -0.1) is 6.58 Å². The maximum atomic E-state index is 11.5. The third kappa shape index (κ3) is 3.25. The maximum Gasteiger partial charge on any atom is 0.241 e. The lowest BCUT2D eigenvalue weighted by molar-refractivity contribution is -0.117. The van der Waals surface area contributed by atoms with Crippen molar-refractivity contribution in [2.24, 2.45) is 5.73 Å². The van der Waals surface area contributed by atoms with Crippen LogP contribution < -0.4 is 11.1 Å². The van der Waals surface area contributed by atoms with Gasteiger partial charge in [-0.1, -0.05) is 17.7 Å². The summed E-state index contributed by atoms with van der Waals surface area (Å²) in [6.07, 6.45) is 1.98. The minimum Gasteiger partial charge on any atom is -0.506 e. The van der Waals surface area contributed by atoms with Crippen molar-refractivity contribution in [2.45, 2.75) is 12.5 Å². The van der Waals surface area contributed by atoms with Gasteiger partial charge in [-0.2, -0.15) is 0 Å². The van der Waals surface area contributed by atoms with Crippen LogP contribution >= 0.6 is 11.6 Å². The highest BCUT2D eigenvalue weighted by atomic mass is 35.5. The fourth-order valence-corrected chi connectivity index (χ4v) is 1.29. The Morgan fingerprint density at radius 1 is 1.69 bits per heavy atom. The molecule has 0 spiro atoms. The lowest BCUT2D eigenvalue weighted by Crippen LogP contribution is -2.35. The summed E-state index contributed by atoms with van der Waals surface area (Å²) in [6, 6.07) is 3.76. The van der Waals surface area contributed by atoms with E-state index in [-0.39, 0.29) is 16.7 Å². The van der Waals surface area contributed by atoms with Crippen molar-refractivity contribution in [1.82, 2.24) is 0 Å². The summed E-state index contributed by atoms with van der Waals surface area (Å²) >= 11 is 5.69. The second-order valence-electron chi connectivity index (χ2n) is 3.29. The predicted molar refractivity (Wildman–Crippen MR) is 64.5 cm³/mol. The first-order valence-corrected chi connectivity index (χ1v) is 5.08. The smallest absolute Gasteiger partial charge is 0.241 e. The van der Waals surface area contributed by atoms with Gasteiger partial charge in [0.25, 0.3) is 0 Å². The number of halogens is 1. The molecule has 1 aromatic rings. The molecule has 4 nitrogen and oxygen atoms in total. The Morgan fingerprint density at radius 3 is 2.94 bits per heavy atom. The van der Waals surface area contributed by atoms with E-state index < -0.39 is 6.04 Å². The van der Waals surface area contributed by atoms with E-state index in [1.54, 1.807) is 12.1 Å². The van der Waals surface area contributed by atoms with E-state index in [0.29, 0.717) is 12.1 Å². The number of hydrogen-bond acceptors (Lipinski definition) is 3. The van der Waals surface area contributed by atoms with Crippen molar-refractivity contribution in [3.63, 3.8) is 0 Å². The van der Waals surface area contributed by atoms with Crippen LogP contribution in [-0.4, -0.2) is 17.1 Å². The number of nitrogens with two attached hydrogens (primary N) is 1. The number of amides is 1. The van der Waals surface area contributed by atoms with Gasteiger partial charge in [0.05, 0.1) is 11.1 Å². The molecule has 0 heterocycles. The number of anilines is 1. The van der Waals surface area contributed by atoms with Crippen molar-refractivity contribution < 1.29 is 9.90 Å². The summed E-state index contributed by atoms with van der Waals surface area (Å²) in [7, 11) is 0. The molecule has 0 saturated carbocycles. The highest BCUT2D eigenvalue weighted by Crippen LogP contribution is 2.26. The predicted octanol–water partition coefficient (Wildman–Crippen LogP) is 1.89. The molecule has 86 valence electrons. The quantitative estimate of drug-likeness (QED) is 0.556. The third-order valence-electron chi connectivity index (χ3n) is 1.97. The summed E-state index contributed by atoms with van der Waals surface area (Å²) in [6.45, 7) is 3.50. The highest BCUT2D eigenvalue weighted by molar-refractivity contribution is 6.32. The Balaban J connectivity index is 2.69. The molecule has 1 rings (SSSR count). The van der Waals surface area contributed by atoms with Gasteiger partial charge in [0.15, 0.2) is 0 Å². The number of carbonyl (C=O) groups is 1. The number of aromatic hydroxyl groups is 1. The normalized spacial score (nSPS) is 11.9. The number of rotatable bonds is 4. The lowest BCUT2D eigenvalue weighted by atomic mass is 10.2. The molecule has 16 heavy (non-hydrogen) atoms. The Morgan fingerprint density at radius 2 is 2.38 bits per heavy atom. The third-order valence-corrected chi connectivity index (χ3v) is 2.28. The number of benzene rings is 1. The number of hydrogen-bond donors (Lipinski definition) is 3. The van der Waals surface area contributed by atoms with Crippen LogP contribution in [0.3, 0.4) is 0 Å². The molecule has 0 aliphatic carbocycles. The standard InChI is InChI=1S/C11H13ClN2O2/c1-2-3-9(13)11(16)14-7-4-5-10(15)8(12)6-7/h2,4-6,9,15H,1,3,13H2,(H,14,16). The zero-order valence-corrected chi connectivity index (χ0v) is 9.37. The molecule has 0 saturated heterocycles. The summed E-state index contributed by atoms with van der Waals surface area (Å²) < 4.78 is 0. The van der Waals surface area contributed by atoms with E-state index >= 15 is 0 Å². The SMILES string of the molecule is C=CCC(N)C(=O)Nc1ccc(O)c(Cl)c1. The Labute approximate surface area is 98.7 Å². The highest BCUT2D eigenvalue weighted by Gasteiger charge is 2.12. The van der Waals surface area contributed by atoms with Gasteiger partial charge in [-0.3, -0.25) is 4.79 Å². The second kappa shape index (κ2) is 5.53. The molecular formula is C11H13ClN2O2. The largest absolute Gasteiger partial charge is 0.506 e. The van der Waals surface area contributed by atoms with Gasteiger partial charge < -0.3 is 16.2 Å². The van der Waals surface area contributed by atoms with Crippen LogP contribution in [-0.2, 0) is 4.79 Å². The fraction of sp³-hybridized carbons (Fsp3) is 0.182. The van der Waals surface area contributed by atoms with E-state index in [2.05, 4.69) is 11.9 Å². The summed E-state index contributed by atoms with van der Waals surface area (Å²) in [5.41, 5.74) is 6.07. The van der Waals surface area contributed by atoms with Crippen LogP contribution in [0, 0.1) is 0 Å². The first kappa shape index (κ1) is 12.5. The van der Waals surface area contributed by atoms with E-state index in [4.69, 9.17) is 17.3 Å². The van der Waals surface area contributed by atoms with Gasteiger partial charge in [-0.05, 0) is 24.6 Å². The molecule has 0 bridgehead atoms. The number of carbonyl (C=O) groups excluding carboxylic acids is 1. The van der Waals surface area contributed by atoms with Gasteiger partial charge in [0, 0.05) is 5.69 Å². The van der Waals surface area contributed by atoms with Crippen molar-refractivity contribution in [1.29, 1.82) is 0 Å². The van der Waals surface area contributed by atoms with E-state index in [1.807, 2.05) is 0 Å². The van der Waals surface area contributed by atoms with E-state index in [1.165, 1.54) is 12.1 Å². The summed E-state index contributed by atoms with van der Waals surface area (Å²) in [5.74, 6) is -0.350. The average molecular weight is 241 g/mol. The van der Waals surface area contributed by atoms with Crippen LogP contribution in [0.4, 0.5) is 5.69 Å². The van der Waals surface area contributed by atoms with Crippen molar-refractivity contribution in [2.75, 3.05) is 5.32 Å². The van der Waals surface area contributed by atoms with Gasteiger partial charge in [0.1, 0.15) is 5.75 Å². The van der Waals surface area contributed by atoms with E-state index in [0.717, 1.165) is 0 Å². The van der Waals surface area contributed by atoms with Crippen LogP contribution in [0.15, 0.2) is 30.9 Å². The Bertz CT molecular complexity index is 407. The molecule has 0 aliphatic rings. The zero-order chi connectivity index (χ0) is 12.1. The summed E-state index contributed by atoms with van der Waals surface area (Å²) in [4.78, 5) is 11.5. The molecule has 0 aliphatic heterocycles. The van der Waals surface area contributed by atoms with Gasteiger partial charge >= 0.3 is 0 Å². The van der Waals surface area contributed by atoms with Crippen LogP contribution in [0.25, 0.3) is 0 Å². The number of nitrogens with one attached hydrogen (secondary N) is 1. The zero-order valence-electron chi connectivity index (χ0n) is 8.61. The van der Waals surface area contributed by atoms with Gasteiger partial charge in [-0.25, -0.2) is 0 Å². The van der Waals surface area contributed by atoms with Crippen molar-refractivity contribution in [3.05, 3.63) is 35.9 Å². The molecule has 5 heteroatoms. The second-order valence-corrected chi connectivity index (χ2v) is 3.69. The van der Waals surface area contributed by atoms with Crippen molar-refractivity contribution in [3.8, 4) is 5.75 Å². The molecule has 1 aromatic carbocycles. The first-order valence-electron chi connectivity index (χ1n) is 4.70. The molecule has 1 atom stereocenters.